The Morgan fingerprint density at radius 2 is 1.62 bits per heavy atom. The van der Waals surface area contributed by atoms with E-state index in [9.17, 15) is 28.2 Å². The van der Waals surface area contributed by atoms with Gasteiger partial charge in [0, 0.05) is 5.69 Å². The van der Waals surface area contributed by atoms with Gasteiger partial charge in [0.1, 0.15) is 17.5 Å². The smallest absolute Gasteiger partial charge is 0.408 e. The lowest BCUT2D eigenvalue weighted by Crippen LogP contribution is -2.47. The second-order valence-corrected chi connectivity index (χ2v) is 5.48. The van der Waals surface area contributed by atoms with E-state index in [-0.39, 0.29) is 27.8 Å². The summed E-state index contributed by atoms with van der Waals surface area (Å²) in [5.74, 6) is -1.33. The van der Waals surface area contributed by atoms with E-state index in [2.05, 4.69) is 0 Å². The first-order valence-corrected chi connectivity index (χ1v) is 7.17. The molecule has 0 aliphatic carbocycles. The number of hydrogen-bond donors (Lipinski definition) is 2. The summed E-state index contributed by atoms with van der Waals surface area (Å²) >= 11 is 5.87. The summed E-state index contributed by atoms with van der Waals surface area (Å²) < 4.78 is 39.6. The van der Waals surface area contributed by atoms with Gasteiger partial charge in [0.05, 0.1) is 10.6 Å². The number of hydrogen-bond acceptors (Lipinski definition) is 3. The predicted molar refractivity (Wildman–Crippen MR) is 83.6 cm³/mol. The predicted octanol–water partition coefficient (Wildman–Crippen LogP) is 4.35. The Morgan fingerprint density at radius 3 is 2.12 bits per heavy atom. The molecule has 2 aromatic rings. The highest BCUT2D eigenvalue weighted by molar-refractivity contribution is 6.34. The molecule has 0 fully saturated rings. The molecule has 1 atom stereocenters. The molecule has 0 saturated carbocycles. The molecule has 2 N–H and O–H groups in total. The molecule has 0 spiro atoms. The first kappa shape index (κ1) is 17.9. The average Bonchev–Trinajstić information content (AvgIpc) is 2.48. The molecule has 2 aromatic carbocycles. The zero-order valence-electron chi connectivity index (χ0n) is 12.4. The van der Waals surface area contributed by atoms with Crippen molar-refractivity contribution in [3.05, 3.63) is 53.1 Å². The Morgan fingerprint density at radius 1 is 1.08 bits per heavy atom. The summed E-state index contributed by atoms with van der Waals surface area (Å²) in [5.41, 5.74) is -0.231. The lowest BCUT2D eigenvalue weighted by atomic mass is 10.1. The minimum Gasteiger partial charge on any atom is -0.508 e. The number of halogens is 4. The summed E-state index contributed by atoms with van der Waals surface area (Å²) in [6.45, 7) is 0.846. The molecule has 2 rings (SSSR count). The number of benzene rings is 2. The Balaban J connectivity index is 2.53. The maximum Gasteiger partial charge on any atom is 0.408 e. The minimum absolute atomic E-state index is 0.0493. The largest absolute Gasteiger partial charge is 0.508 e. The highest BCUT2D eigenvalue weighted by Crippen LogP contribution is 2.32. The van der Waals surface area contributed by atoms with Gasteiger partial charge < -0.3 is 10.2 Å². The molecule has 128 valence electrons. The van der Waals surface area contributed by atoms with Crippen LogP contribution in [0.4, 0.5) is 18.9 Å². The second kappa shape index (κ2) is 6.60. The molecule has 0 saturated heterocycles. The molecule has 24 heavy (non-hydrogen) atoms. The number of aromatic hydroxyl groups is 2. The molecule has 4 nitrogen and oxygen atoms in total. The molecule has 0 aliphatic heterocycles. The van der Waals surface area contributed by atoms with Gasteiger partial charge in [0.25, 0.3) is 5.91 Å². The number of rotatable bonds is 3. The van der Waals surface area contributed by atoms with Crippen LogP contribution in [0.5, 0.6) is 11.5 Å². The summed E-state index contributed by atoms with van der Waals surface area (Å²) in [7, 11) is 0. The van der Waals surface area contributed by atoms with E-state index in [1.807, 2.05) is 0 Å². The molecule has 0 heterocycles. The highest BCUT2D eigenvalue weighted by atomic mass is 35.5. The van der Waals surface area contributed by atoms with Gasteiger partial charge in [-0.25, -0.2) is 0 Å². The fourth-order valence-electron chi connectivity index (χ4n) is 2.08. The lowest BCUT2D eigenvalue weighted by Gasteiger charge is -2.31. The van der Waals surface area contributed by atoms with Crippen molar-refractivity contribution in [1.82, 2.24) is 0 Å². The van der Waals surface area contributed by atoms with Gasteiger partial charge in [-0.1, -0.05) is 11.6 Å². The molecule has 0 aromatic heterocycles. The van der Waals surface area contributed by atoms with Gasteiger partial charge in [-0.2, -0.15) is 13.2 Å². The fourth-order valence-corrected chi connectivity index (χ4v) is 2.34. The van der Waals surface area contributed by atoms with E-state index in [0.717, 1.165) is 25.1 Å². The first-order chi connectivity index (χ1) is 11.1. The third-order valence-electron chi connectivity index (χ3n) is 3.39. The van der Waals surface area contributed by atoms with Crippen LogP contribution in [0.25, 0.3) is 0 Å². The van der Waals surface area contributed by atoms with Crippen molar-refractivity contribution in [3.8, 4) is 11.5 Å². The van der Waals surface area contributed by atoms with Crippen molar-refractivity contribution < 1.29 is 28.2 Å². The Bertz CT molecular complexity index is 747. The molecule has 1 unspecified atom stereocenters. The van der Waals surface area contributed by atoms with Crippen LogP contribution in [-0.4, -0.2) is 28.3 Å². The lowest BCUT2D eigenvalue weighted by molar-refractivity contribution is -0.143. The van der Waals surface area contributed by atoms with E-state index >= 15 is 0 Å². The van der Waals surface area contributed by atoms with Gasteiger partial charge in [-0.15, -0.1) is 0 Å². The first-order valence-electron chi connectivity index (χ1n) is 6.79. The van der Waals surface area contributed by atoms with E-state index < -0.39 is 18.1 Å². The Labute approximate surface area is 140 Å². The van der Waals surface area contributed by atoms with Crippen LogP contribution < -0.4 is 4.90 Å². The number of nitrogens with zero attached hydrogens (tertiary/aromatic N) is 1. The number of carbonyl (C=O) groups excluding carboxylic acids is 1. The molecular formula is C16H13ClF3NO3. The van der Waals surface area contributed by atoms with Crippen molar-refractivity contribution in [2.24, 2.45) is 0 Å². The minimum atomic E-state index is -4.67. The normalized spacial score (nSPS) is 12.7. The van der Waals surface area contributed by atoms with E-state index in [1.54, 1.807) is 0 Å². The molecule has 8 heteroatoms. The van der Waals surface area contributed by atoms with E-state index in [0.29, 0.717) is 4.90 Å². The van der Waals surface area contributed by atoms with Crippen molar-refractivity contribution in [2.45, 2.75) is 19.1 Å². The van der Waals surface area contributed by atoms with Crippen molar-refractivity contribution in [2.75, 3.05) is 4.90 Å². The standard InChI is InChI=1S/C16H13ClF3NO3/c1-9(16(18,19)20)21(10-2-4-11(22)5-3-10)15(24)13-7-6-12(23)8-14(13)17/h2-9,22-23H,1H3. The van der Waals surface area contributed by atoms with Crippen molar-refractivity contribution >= 4 is 23.2 Å². The van der Waals surface area contributed by atoms with Gasteiger partial charge in [0.15, 0.2) is 0 Å². The quantitative estimate of drug-likeness (QED) is 0.856. The number of phenols is 2. The number of carbonyl (C=O) groups is 1. The zero-order chi connectivity index (χ0) is 18.1. The average molecular weight is 360 g/mol. The molecule has 0 radical (unpaired) electrons. The number of amides is 1. The number of alkyl halides is 3. The molecule has 0 aliphatic rings. The van der Waals surface area contributed by atoms with Crippen molar-refractivity contribution in [1.29, 1.82) is 0 Å². The van der Waals surface area contributed by atoms with Gasteiger partial charge in [0.2, 0.25) is 0 Å². The third kappa shape index (κ3) is 3.73. The summed E-state index contributed by atoms with van der Waals surface area (Å²) in [6.07, 6.45) is -4.67. The Kier molecular flexibility index (Phi) is 4.94. The summed E-state index contributed by atoms with van der Waals surface area (Å²) in [5, 5.41) is 18.5. The van der Waals surface area contributed by atoms with Crippen LogP contribution in [0.2, 0.25) is 5.02 Å². The second-order valence-electron chi connectivity index (χ2n) is 5.07. The van der Waals surface area contributed by atoms with Crippen LogP contribution in [0, 0.1) is 0 Å². The summed E-state index contributed by atoms with van der Waals surface area (Å²) in [4.78, 5) is 13.2. The van der Waals surface area contributed by atoms with Crippen LogP contribution in [0.1, 0.15) is 17.3 Å². The van der Waals surface area contributed by atoms with Gasteiger partial charge in [-0.05, 0) is 49.4 Å². The SMILES string of the molecule is CC(N(C(=O)c1ccc(O)cc1Cl)c1ccc(O)cc1)C(F)(F)F. The van der Waals surface area contributed by atoms with E-state index in [4.69, 9.17) is 11.6 Å². The fraction of sp³-hybridized carbons (Fsp3) is 0.188. The Hall–Kier alpha value is -2.41. The molecule has 1 amide bonds. The maximum absolute atomic E-state index is 13.2. The molecular weight excluding hydrogens is 347 g/mol. The topological polar surface area (TPSA) is 60.8 Å². The van der Waals surface area contributed by atoms with Crippen LogP contribution >= 0.6 is 11.6 Å². The number of phenolic OH excluding ortho intramolecular Hbond substituents is 2. The van der Waals surface area contributed by atoms with Crippen LogP contribution in [0.3, 0.4) is 0 Å². The molecule has 0 bridgehead atoms. The van der Waals surface area contributed by atoms with Gasteiger partial charge in [-0.3, -0.25) is 9.69 Å². The maximum atomic E-state index is 13.2. The van der Waals surface area contributed by atoms with Gasteiger partial charge >= 0.3 is 6.18 Å². The van der Waals surface area contributed by atoms with Crippen molar-refractivity contribution in [3.63, 3.8) is 0 Å². The van der Waals surface area contributed by atoms with Crippen LogP contribution in [0.15, 0.2) is 42.5 Å². The van der Waals surface area contributed by atoms with Crippen LogP contribution in [-0.2, 0) is 0 Å². The van der Waals surface area contributed by atoms with E-state index in [1.165, 1.54) is 24.3 Å². The highest BCUT2D eigenvalue weighted by Gasteiger charge is 2.43. The third-order valence-corrected chi connectivity index (χ3v) is 3.70. The summed E-state index contributed by atoms with van der Waals surface area (Å²) in [6, 6.07) is 6.01. The monoisotopic (exact) mass is 359 g/mol. The number of anilines is 1. The zero-order valence-corrected chi connectivity index (χ0v) is 13.1.